The van der Waals surface area contributed by atoms with Gasteiger partial charge in [0, 0.05) is 16.6 Å². The zero-order chi connectivity index (χ0) is 33.3. The van der Waals surface area contributed by atoms with Gasteiger partial charge >= 0.3 is 24.7 Å². The van der Waals surface area contributed by atoms with E-state index in [2.05, 4.69) is 0 Å². The van der Waals surface area contributed by atoms with E-state index in [1.165, 1.54) is 0 Å². The second-order valence-corrected chi connectivity index (χ2v) is 11.7. The van der Waals surface area contributed by atoms with Gasteiger partial charge < -0.3 is 5.32 Å². The van der Waals surface area contributed by atoms with Crippen LogP contribution in [0.3, 0.4) is 0 Å². The van der Waals surface area contributed by atoms with Crippen LogP contribution in [-0.4, -0.2) is 44.2 Å². The van der Waals surface area contributed by atoms with E-state index in [1.54, 1.807) is 5.32 Å². The fourth-order valence-corrected chi connectivity index (χ4v) is 5.44. The number of benzene rings is 2. The molecule has 43 heavy (non-hydrogen) atoms. The van der Waals surface area contributed by atoms with Crippen LogP contribution in [0.4, 0.5) is 57.1 Å². The van der Waals surface area contributed by atoms with E-state index in [9.17, 15) is 70.3 Å². The number of hydrogen-bond donors (Lipinski definition) is 1. The van der Waals surface area contributed by atoms with E-state index in [1.807, 2.05) is 0 Å². The molecule has 4 nitrogen and oxygen atoms in total. The van der Waals surface area contributed by atoms with Crippen LogP contribution in [0, 0.1) is 0 Å². The molecule has 240 valence electrons. The number of allylic oxidation sites excluding steroid dienone is 1. The first kappa shape index (κ1) is 36.2. The standard InChI is InChI=1S/C24H17ClF13NO3S/c1-11(9-43(41,42)10-21(27,28)29)39-20(40)16-3-2-12(6-18(16)24(36,37)38)19(26)8-17(23(33,34)35)13-4-14(22(30,31)32)7-15(25)5-13/h2-8,11,17H,9-10H2,1H3,(H,39,40)/b19-8-. The second kappa shape index (κ2) is 12.5. The first-order valence-electron chi connectivity index (χ1n) is 11.3. The average molecular weight is 682 g/mol. The minimum absolute atomic E-state index is 0.0263. The molecule has 0 spiro atoms. The Morgan fingerprint density at radius 3 is 1.98 bits per heavy atom. The van der Waals surface area contributed by atoms with Crippen molar-refractivity contribution < 1.29 is 70.3 Å². The van der Waals surface area contributed by atoms with Crippen LogP contribution in [-0.2, 0) is 22.2 Å². The number of amides is 1. The number of halogens is 14. The van der Waals surface area contributed by atoms with Crippen LogP contribution in [0.2, 0.25) is 5.02 Å². The summed E-state index contributed by atoms with van der Waals surface area (Å²) in [4.78, 5) is 12.4. The van der Waals surface area contributed by atoms with Gasteiger partial charge in [0.05, 0.1) is 22.4 Å². The van der Waals surface area contributed by atoms with Gasteiger partial charge in [0.1, 0.15) is 17.5 Å². The van der Waals surface area contributed by atoms with Crippen LogP contribution < -0.4 is 5.32 Å². The molecule has 0 fully saturated rings. The lowest BCUT2D eigenvalue weighted by Gasteiger charge is -2.20. The van der Waals surface area contributed by atoms with Crippen molar-refractivity contribution in [3.05, 3.63) is 75.3 Å². The van der Waals surface area contributed by atoms with E-state index in [0.29, 0.717) is 24.3 Å². The summed E-state index contributed by atoms with van der Waals surface area (Å²) in [5, 5.41) is 0.946. The number of rotatable bonds is 8. The second-order valence-electron chi connectivity index (χ2n) is 9.11. The lowest BCUT2D eigenvalue weighted by molar-refractivity contribution is -0.142. The SMILES string of the molecule is CC(CS(=O)(=O)CC(F)(F)F)NC(=O)c1ccc(/C(F)=C/C(c2cc(Cl)cc(C(F)(F)F)c2)C(F)(F)F)cc1C(F)(F)F. The Morgan fingerprint density at radius 1 is 0.907 bits per heavy atom. The lowest BCUT2D eigenvalue weighted by atomic mass is 9.94. The number of hydrogen-bond acceptors (Lipinski definition) is 3. The maximum absolute atomic E-state index is 14.9. The van der Waals surface area contributed by atoms with Gasteiger partial charge in [-0.05, 0) is 48.9 Å². The first-order valence-corrected chi connectivity index (χ1v) is 13.5. The number of carbonyl (C=O) groups is 1. The normalized spacial score (nSPS) is 15.3. The number of carbonyl (C=O) groups excluding carboxylic acids is 1. The Kier molecular flexibility index (Phi) is 10.5. The summed E-state index contributed by atoms with van der Waals surface area (Å²) in [6.07, 6.45) is -21.5. The minimum atomic E-state index is -5.47. The largest absolute Gasteiger partial charge is 0.417 e. The molecule has 0 bridgehead atoms. The molecule has 19 heteroatoms. The number of alkyl halides is 12. The van der Waals surface area contributed by atoms with Crippen molar-refractivity contribution in [1.29, 1.82) is 0 Å². The maximum atomic E-state index is 14.9. The summed E-state index contributed by atoms with van der Waals surface area (Å²) < 4.78 is 197. The molecule has 0 aliphatic heterocycles. The molecule has 2 atom stereocenters. The molecular weight excluding hydrogens is 665 g/mol. The average Bonchev–Trinajstić information content (AvgIpc) is 2.77. The van der Waals surface area contributed by atoms with Crippen molar-refractivity contribution in [2.75, 3.05) is 11.5 Å². The predicted octanol–water partition coefficient (Wildman–Crippen LogP) is 8.13. The Labute approximate surface area is 239 Å². The fraction of sp³-hybridized carbons (Fsp3) is 0.375. The molecule has 0 saturated carbocycles. The summed E-state index contributed by atoms with van der Waals surface area (Å²) in [6.45, 7) is 0.868. The molecule has 0 radical (unpaired) electrons. The quantitative estimate of drug-likeness (QED) is 0.286. The molecule has 2 aromatic carbocycles. The van der Waals surface area contributed by atoms with E-state index >= 15 is 0 Å². The Bertz CT molecular complexity index is 1480. The van der Waals surface area contributed by atoms with E-state index in [-0.39, 0.29) is 18.2 Å². The van der Waals surface area contributed by atoms with E-state index in [4.69, 9.17) is 11.6 Å². The van der Waals surface area contributed by atoms with Crippen molar-refractivity contribution >= 4 is 33.2 Å². The molecule has 1 amide bonds. The summed E-state index contributed by atoms with van der Waals surface area (Å²) in [6, 6.07) is -0.232. The Balaban J connectivity index is 2.50. The Morgan fingerprint density at radius 2 is 1.49 bits per heavy atom. The molecule has 2 unspecified atom stereocenters. The summed E-state index contributed by atoms with van der Waals surface area (Å²) in [5.74, 6) is -10.4. The molecule has 0 aliphatic rings. The van der Waals surface area contributed by atoms with Crippen molar-refractivity contribution in [3.8, 4) is 0 Å². The van der Waals surface area contributed by atoms with Gasteiger partial charge in [-0.25, -0.2) is 12.8 Å². The summed E-state index contributed by atoms with van der Waals surface area (Å²) >= 11 is 5.49. The highest BCUT2D eigenvalue weighted by Crippen LogP contribution is 2.42. The smallest absolute Gasteiger partial charge is 0.349 e. The molecular formula is C24H17ClF13NO3S. The highest BCUT2D eigenvalue weighted by Gasteiger charge is 2.42. The lowest BCUT2D eigenvalue weighted by Crippen LogP contribution is -2.40. The van der Waals surface area contributed by atoms with Gasteiger partial charge in [0.15, 0.2) is 9.84 Å². The third kappa shape index (κ3) is 10.6. The van der Waals surface area contributed by atoms with Crippen LogP contribution in [0.25, 0.3) is 5.83 Å². The molecule has 0 heterocycles. The van der Waals surface area contributed by atoms with Crippen molar-refractivity contribution in [1.82, 2.24) is 5.32 Å². The monoisotopic (exact) mass is 681 g/mol. The topological polar surface area (TPSA) is 63.2 Å². The highest BCUT2D eigenvalue weighted by molar-refractivity contribution is 7.91. The third-order valence-corrected chi connectivity index (χ3v) is 7.38. The zero-order valence-corrected chi connectivity index (χ0v) is 22.6. The number of sulfone groups is 1. The molecule has 2 rings (SSSR count). The van der Waals surface area contributed by atoms with Crippen molar-refractivity contribution in [2.24, 2.45) is 0 Å². The van der Waals surface area contributed by atoms with E-state index < -0.39 is 103 Å². The molecule has 0 saturated heterocycles. The molecule has 2 aromatic rings. The highest BCUT2D eigenvalue weighted by atomic mass is 35.5. The molecule has 0 aromatic heterocycles. The van der Waals surface area contributed by atoms with Crippen LogP contribution in [0.15, 0.2) is 42.5 Å². The van der Waals surface area contributed by atoms with Crippen LogP contribution >= 0.6 is 11.6 Å². The van der Waals surface area contributed by atoms with Crippen molar-refractivity contribution in [3.63, 3.8) is 0 Å². The first-order chi connectivity index (χ1) is 19.2. The van der Waals surface area contributed by atoms with Gasteiger partial charge in [-0.1, -0.05) is 17.7 Å². The van der Waals surface area contributed by atoms with Gasteiger partial charge in [-0.15, -0.1) is 0 Å². The Hall–Kier alpha value is -3.02. The number of nitrogens with one attached hydrogen (secondary N) is 1. The summed E-state index contributed by atoms with van der Waals surface area (Å²) in [5.41, 5.74) is -7.21. The zero-order valence-electron chi connectivity index (χ0n) is 21.0. The van der Waals surface area contributed by atoms with Gasteiger partial charge in [0.2, 0.25) is 0 Å². The van der Waals surface area contributed by atoms with E-state index in [0.717, 1.165) is 6.92 Å². The fourth-order valence-electron chi connectivity index (χ4n) is 3.74. The van der Waals surface area contributed by atoms with Gasteiger partial charge in [0.25, 0.3) is 5.91 Å². The predicted molar refractivity (Wildman–Crippen MR) is 127 cm³/mol. The third-order valence-electron chi connectivity index (χ3n) is 5.38. The molecule has 0 aliphatic carbocycles. The summed E-state index contributed by atoms with van der Waals surface area (Å²) in [7, 11) is -4.86. The van der Waals surface area contributed by atoms with Crippen LogP contribution in [0.1, 0.15) is 45.5 Å². The molecule has 1 N–H and O–H groups in total. The van der Waals surface area contributed by atoms with Crippen LogP contribution in [0.5, 0.6) is 0 Å². The minimum Gasteiger partial charge on any atom is -0.349 e. The van der Waals surface area contributed by atoms with Gasteiger partial charge in [-0.2, -0.15) is 52.7 Å². The van der Waals surface area contributed by atoms with Crippen molar-refractivity contribution in [2.45, 2.75) is 43.6 Å². The maximum Gasteiger partial charge on any atom is 0.417 e. The van der Waals surface area contributed by atoms with Gasteiger partial charge in [-0.3, -0.25) is 4.79 Å².